The number of para-hydroxylation sites is 1. The van der Waals surface area contributed by atoms with Crippen molar-refractivity contribution in [1.29, 1.82) is 0 Å². The zero-order chi connectivity index (χ0) is 11.5. The Morgan fingerprint density at radius 3 is 2.38 bits per heavy atom. The van der Waals surface area contributed by atoms with Crippen LogP contribution in [0.1, 0.15) is 0 Å². The Balaban J connectivity index is 2.30. The van der Waals surface area contributed by atoms with Crippen LogP contribution in [-0.4, -0.2) is 0 Å². The second-order valence-corrected chi connectivity index (χ2v) is 4.87. The van der Waals surface area contributed by atoms with Gasteiger partial charge in [-0.05, 0) is 59.0 Å². The number of anilines is 1. The van der Waals surface area contributed by atoms with Crippen molar-refractivity contribution in [2.24, 2.45) is 0 Å². The number of halogens is 2. The standard InChI is InChI=1S/C12H9ClINO/c13-10-2-1-3-11(15)12(10)16-9-6-4-8(14)5-7-9/h1-7H,15H2. The molecule has 2 aromatic carbocycles. The third kappa shape index (κ3) is 2.59. The van der Waals surface area contributed by atoms with E-state index in [1.54, 1.807) is 18.2 Å². The summed E-state index contributed by atoms with van der Waals surface area (Å²) in [5.41, 5.74) is 6.32. The number of rotatable bonds is 2. The monoisotopic (exact) mass is 345 g/mol. The van der Waals surface area contributed by atoms with E-state index in [1.807, 2.05) is 24.3 Å². The minimum atomic E-state index is 0.505. The first-order chi connectivity index (χ1) is 7.66. The Kier molecular flexibility index (Phi) is 3.56. The Morgan fingerprint density at radius 2 is 1.75 bits per heavy atom. The van der Waals surface area contributed by atoms with E-state index in [9.17, 15) is 0 Å². The van der Waals surface area contributed by atoms with Crippen LogP contribution >= 0.6 is 34.2 Å². The van der Waals surface area contributed by atoms with E-state index in [4.69, 9.17) is 22.1 Å². The van der Waals surface area contributed by atoms with E-state index in [1.165, 1.54) is 0 Å². The molecule has 0 bridgehead atoms. The molecule has 0 aliphatic carbocycles. The van der Waals surface area contributed by atoms with Crippen LogP contribution in [0.4, 0.5) is 5.69 Å². The summed E-state index contributed by atoms with van der Waals surface area (Å²) in [5, 5.41) is 0.513. The molecule has 16 heavy (non-hydrogen) atoms. The summed E-state index contributed by atoms with van der Waals surface area (Å²) in [6, 6.07) is 13.0. The van der Waals surface area contributed by atoms with Gasteiger partial charge in [0.2, 0.25) is 0 Å². The molecular weight excluding hydrogens is 336 g/mol. The fourth-order valence-corrected chi connectivity index (χ4v) is 1.83. The van der Waals surface area contributed by atoms with E-state index < -0.39 is 0 Å². The fraction of sp³-hybridized carbons (Fsp3) is 0. The first-order valence-electron chi connectivity index (χ1n) is 4.64. The molecule has 0 amide bonds. The molecule has 0 unspecified atom stereocenters. The second kappa shape index (κ2) is 4.93. The lowest BCUT2D eigenvalue weighted by molar-refractivity contribution is 0.485. The minimum Gasteiger partial charge on any atom is -0.454 e. The molecule has 0 heterocycles. The highest BCUT2D eigenvalue weighted by molar-refractivity contribution is 14.1. The first-order valence-corrected chi connectivity index (χ1v) is 6.10. The lowest BCUT2D eigenvalue weighted by Gasteiger charge is -2.09. The molecule has 0 aromatic heterocycles. The maximum Gasteiger partial charge on any atom is 0.168 e. The topological polar surface area (TPSA) is 35.2 Å². The van der Waals surface area contributed by atoms with Gasteiger partial charge in [0.25, 0.3) is 0 Å². The van der Waals surface area contributed by atoms with Crippen molar-refractivity contribution in [2.45, 2.75) is 0 Å². The van der Waals surface area contributed by atoms with Crippen molar-refractivity contribution in [3.05, 3.63) is 51.1 Å². The molecule has 82 valence electrons. The summed E-state index contributed by atoms with van der Waals surface area (Å²) in [6.45, 7) is 0. The molecule has 2 nitrogen and oxygen atoms in total. The van der Waals surface area contributed by atoms with E-state index in [-0.39, 0.29) is 0 Å². The highest BCUT2D eigenvalue weighted by atomic mass is 127. The van der Waals surface area contributed by atoms with E-state index in [0.29, 0.717) is 16.5 Å². The van der Waals surface area contributed by atoms with Crippen LogP contribution in [0.25, 0.3) is 0 Å². The van der Waals surface area contributed by atoms with Crippen molar-refractivity contribution in [1.82, 2.24) is 0 Å². The number of nitrogens with two attached hydrogens (primary N) is 1. The molecule has 0 atom stereocenters. The first kappa shape index (κ1) is 11.5. The molecule has 0 saturated heterocycles. The van der Waals surface area contributed by atoms with Gasteiger partial charge >= 0.3 is 0 Å². The summed E-state index contributed by atoms with van der Waals surface area (Å²) >= 11 is 8.24. The Bertz CT molecular complexity index is 479. The summed E-state index contributed by atoms with van der Waals surface area (Å²) in [4.78, 5) is 0. The second-order valence-electron chi connectivity index (χ2n) is 3.21. The van der Waals surface area contributed by atoms with Gasteiger partial charge in [0.1, 0.15) is 5.75 Å². The van der Waals surface area contributed by atoms with Gasteiger partial charge in [0.15, 0.2) is 5.75 Å². The van der Waals surface area contributed by atoms with E-state index in [0.717, 1.165) is 9.32 Å². The summed E-state index contributed by atoms with van der Waals surface area (Å²) in [7, 11) is 0. The maximum atomic E-state index is 6.00. The van der Waals surface area contributed by atoms with Gasteiger partial charge in [-0.3, -0.25) is 0 Å². The van der Waals surface area contributed by atoms with Gasteiger partial charge in [0, 0.05) is 3.57 Å². The molecule has 2 rings (SSSR count). The fourth-order valence-electron chi connectivity index (χ4n) is 1.25. The number of nitrogen functional groups attached to an aromatic ring is 1. The zero-order valence-corrected chi connectivity index (χ0v) is 11.2. The summed E-state index contributed by atoms with van der Waals surface area (Å²) in [6.07, 6.45) is 0. The Hall–Kier alpha value is -0.940. The third-order valence-corrected chi connectivity index (χ3v) is 3.05. The van der Waals surface area contributed by atoms with Crippen LogP contribution in [0.2, 0.25) is 5.02 Å². The number of hydrogen-bond donors (Lipinski definition) is 1. The molecule has 4 heteroatoms. The van der Waals surface area contributed by atoms with E-state index >= 15 is 0 Å². The van der Waals surface area contributed by atoms with Crippen LogP contribution < -0.4 is 10.5 Å². The molecule has 0 aliphatic rings. The number of hydrogen-bond acceptors (Lipinski definition) is 2. The molecule has 0 radical (unpaired) electrons. The predicted molar refractivity (Wildman–Crippen MR) is 75.1 cm³/mol. The predicted octanol–water partition coefficient (Wildman–Crippen LogP) is 4.32. The highest BCUT2D eigenvalue weighted by Crippen LogP contribution is 2.34. The van der Waals surface area contributed by atoms with Crippen molar-refractivity contribution < 1.29 is 4.74 Å². The van der Waals surface area contributed by atoms with Gasteiger partial charge in [0.05, 0.1) is 10.7 Å². The average Bonchev–Trinajstić information content (AvgIpc) is 2.26. The van der Waals surface area contributed by atoms with Crippen molar-refractivity contribution in [2.75, 3.05) is 5.73 Å². The summed E-state index contributed by atoms with van der Waals surface area (Å²) < 4.78 is 6.78. The average molecular weight is 346 g/mol. The van der Waals surface area contributed by atoms with Gasteiger partial charge in [-0.1, -0.05) is 17.7 Å². The number of ether oxygens (including phenoxy) is 1. The number of benzene rings is 2. The van der Waals surface area contributed by atoms with Gasteiger partial charge < -0.3 is 10.5 Å². The highest BCUT2D eigenvalue weighted by Gasteiger charge is 2.06. The van der Waals surface area contributed by atoms with Crippen molar-refractivity contribution >= 4 is 39.9 Å². The SMILES string of the molecule is Nc1cccc(Cl)c1Oc1ccc(I)cc1. The van der Waals surface area contributed by atoms with Crippen LogP contribution in [-0.2, 0) is 0 Å². The molecular formula is C12H9ClINO. The molecule has 2 N–H and O–H groups in total. The smallest absolute Gasteiger partial charge is 0.168 e. The molecule has 2 aromatic rings. The van der Waals surface area contributed by atoms with Crippen LogP contribution in [0.5, 0.6) is 11.5 Å². The molecule has 0 spiro atoms. The lowest BCUT2D eigenvalue weighted by Crippen LogP contribution is -1.92. The van der Waals surface area contributed by atoms with Crippen molar-refractivity contribution in [3.8, 4) is 11.5 Å². The maximum absolute atomic E-state index is 6.00. The van der Waals surface area contributed by atoms with Crippen LogP contribution in [0.15, 0.2) is 42.5 Å². The largest absolute Gasteiger partial charge is 0.454 e. The Morgan fingerprint density at radius 1 is 1.06 bits per heavy atom. The van der Waals surface area contributed by atoms with Crippen LogP contribution in [0, 0.1) is 3.57 Å². The third-order valence-electron chi connectivity index (χ3n) is 2.03. The van der Waals surface area contributed by atoms with Gasteiger partial charge in [-0.15, -0.1) is 0 Å². The van der Waals surface area contributed by atoms with Gasteiger partial charge in [-0.2, -0.15) is 0 Å². The van der Waals surface area contributed by atoms with Gasteiger partial charge in [-0.25, -0.2) is 0 Å². The van der Waals surface area contributed by atoms with E-state index in [2.05, 4.69) is 22.6 Å². The lowest BCUT2D eigenvalue weighted by atomic mass is 10.3. The molecule has 0 fully saturated rings. The normalized spacial score (nSPS) is 10.1. The summed E-state index contributed by atoms with van der Waals surface area (Å²) in [5.74, 6) is 1.23. The quantitative estimate of drug-likeness (QED) is 0.650. The molecule has 0 saturated carbocycles. The molecule has 0 aliphatic heterocycles. The zero-order valence-electron chi connectivity index (χ0n) is 8.28. The Labute approximate surface area is 113 Å². The van der Waals surface area contributed by atoms with Crippen LogP contribution in [0.3, 0.4) is 0 Å². The van der Waals surface area contributed by atoms with Crippen molar-refractivity contribution in [3.63, 3.8) is 0 Å². The minimum absolute atomic E-state index is 0.505.